The number of ether oxygens (including phenoxy) is 2. The number of para-hydroxylation sites is 1. The fourth-order valence-corrected chi connectivity index (χ4v) is 4.46. The minimum absolute atomic E-state index is 0.102. The number of hydrogen-bond acceptors (Lipinski definition) is 7. The van der Waals surface area contributed by atoms with Crippen molar-refractivity contribution in [3.8, 4) is 28.4 Å². The lowest BCUT2D eigenvalue weighted by molar-refractivity contribution is 0.0955. The lowest BCUT2D eigenvalue weighted by atomic mass is 9.83. The predicted octanol–water partition coefficient (Wildman–Crippen LogP) is 3.74. The number of hydrogen-bond donors (Lipinski definition) is 1. The Balaban J connectivity index is 1.66. The first-order chi connectivity index (χ1) is 15.5. The van der Waals surface area contributed by atoms with Crippen molar-refractivity contribution in [2.45, 2.75) is 25.7 Å². The van der Waals surface area contributed by atoms with Gasteiger partial charge in [-0.25, -0.2) is 4.52 Å². The highest BCUT2D eigenvalue weighted by Crippen LogP contribution is 2.38. The van der Waals surface area contributed by atoms with Crippen LogP contribution in [0.25, 0.3) is 16.8 Å². The molecule has 1 aliphatic rings. The molecule has 0 saturated carbocycles. The monoisotopic (exact) mass is 430 g/mol. The van der Waals surface area contributed by atoms with E-state index in [-0.39, 0.29) is 23.9 Å². The molecule has 1 unspecified atom stereocenters. The third kappa shape index (κ3) is 3.07. The SMILES string of the molecule is COc1ccc(-c2c(C)nn3c4c(nnc23)C(=O)CC(c2ccccc2O)C4)cc1OC. The lowest BCUT2D eigenvalue weighted by Gasteiger charge is -2.23. The Kier molecular flexibility index (Phi) is 4.77. The standard InChI is InChI=1S/C24H22N4O4/c1-13-22(14-8-9-20(31-2)21(12-14)32-3)24-26-25-23-17(28(24)27-13)10-15(11-19(23)30)16-6-4-5-7-18(16)29/h4-9,12,15,29H,10-11H2,1-3H3. The van der Waals surface area contributed by atoms with Crippen LogP contribution >= 0.6 is 0 Å². The van der Waals surface area contributed by atoms with Crippen molar-refractivity contribution in [3.05, 3.63) is 65.1 Å². The number of aromatic nitrogens is 4. The third-order valence-electron chi connectivity index (χ3n) is 5.99. The molecule has 1 atom stereocenters. The van der Waals surface area contributed by atoms with E-state index >= 15 is 0 Å². The van der Waals surface area contributed by atoms with Gasteiger partial charge in [0.15, 0.2) is 28.6 Å². The van der Waals surface area contributed by atoms with Crippen LogP contribution in [0.2, 0.25) is 0 Å². The molecule has 2 heterocycles. The molecule has 0 bridgehead atoms. The minimum atomic E-state index is -0.155. The molecule has 8 heteroatoms. The Morgan fingerprint density at radius 1 is 1.03 bits per heavy atom. The number of carbonyl (C=O) groups excluding carboxylic acids is 1. The quantitative estimate of drug-likeness (QED) is 0.527. The maximum Gasteiger partial charge on any atom is 0.185 e. The summed E-state index contributed by atoms with van der Waals surface area (Å²) in [5.74, 6) is 1.16. The van der Waals surface area contributed by atoms with E-state index in [4.69, 9.17) is 14.6 Å². The number of phenols is 1. The van der Waals surface area contributed by atoms with E-state index in [1.807, 2.05) is 37.3 Å². The third-order valence-corrected chi connectivity index (χ3v) is 5.99. The number of aromatic hydroxyl groups is 1. The van der Waals surface area contributed by atoms with Crippen molar-refractivity contribution in [3.63, 3.8) is 0 Å². The number of rotatable bonds is 4. The number of Topliss-reactive ketones (excluding diaryl/α,β-unsaturated/α-hetero) is 1. The van der Waals surface area contributed by atoms with E-state index < -0.39 is 0 Å². The normalized spacial score (nSPS) is 15.6. The van der Waals surface area contributed by atoms with Crippen LogP contribution in [0.3, 0.4) is 0 Å². The van der Waals surface area contributed by atoms with Gasteiger partial charge in [-0.05, 0) is 42.7 Å². The number of carbonyl (C=O) groups is 1. The van der Waals surface area contributed by atoms with Crippen LogP contribution in [-0.4, -0.2) is 44.9 Å². The van der Waals surface area contributed by atoms with Crippen molar-refractivity contribution >= 4 is 11.4 Å². The highest BCUT2D eigenvalue weighted by atomic mass is 16.5. The summed E-state index contributed by atoms with van der Waals surface area (Å²) in [6.07, 6.45) is 0.796. The lowest BCUT2D eigenvalue weighted by Crippen LogP contribution is -2.24. The fourth-order valence-electron chi connectivity index (χ4n) is 4.46. The average molecular weight is 430 g/mol. The van der Waals surface area contributed by atoms with Crippen molar-refractivity contribution in [1.29, 1.82) is 0 Å². The average Bonchev–Trinajstić information content (AvgIpc) is 3.15. The van der Waals surface area contributed by atoms with E-state index in [1.54, 1.807) is 30.9 Å². The Morgan fingerprint density at radius 3 is 2.56 bits per heavy atom. The zero-order chi connectivity index (χ0) is 22.4. The molecule has 1 N–H and O–H groups in total. The molecule has 0 aliphatic heterocycles. The Labute approximate surface area is 184 Å². The molecule has 32 heavy (non-hydrogen) atoms. The van der Waals surface area contributed by atoms with Gasteiger partial charge in [-0.15, -0.1) is 10.2 Å². The second kappa shape index (κ2) is 7.64. The molecule has 0 spiro atoms. The van der Waals surface area contributed by atoms with Crippen LogP contribution in [0, 0.1) is 6.92 Å². The molecule has 0 fully saturated rings. The van der Waals surface area contributed by atoms with Crippen LogP contribution in [0.1, 0.15) is 39.8 Å². The summed E-state index contributed by atoms with van der Waals surface area (Å²) in [6, 6.07) is 12.8. The van der Waals surface area contributed by atoms with Crippen molar-refractivity contribution in [2.24, 2.45) is 0 Å². The molecule has 4 aromatic rings. The fraction of sp³-hybridized carbons (Fsp3) is 0.250. The summed E-state index contributed by atoms with van der Waals surface area (Å²) >= 11 is 0. The largest absolute Gasteiger partial charge is 0.508 e. The molecule has 0 saturated heterocycles. The van der Waals surface area contributed by atoms with Crippen LogP contribution < -0.4 is 9.47 Å². The molecular formula is C24H22N4O4. The number of phenolic OH excluding ortho intramolecular Hbond substituents is 1. The van der Waals surface area contributed by atoms with Gasteiger partial charge in [0.05, 0.1) is 31.2 Å². The minimum Gasteiger partial charge on any atom is -0.508 e. The van der Waals surface area contributed by atoms with Gasteiger partial charge in [0, 0.05) is 12.3 Å². The molecular weight excluding hydrogens is 408 g/mol. The molecule has 0 radical (unpaired) electrons. The van der Waals surface area contributed by atoms with Gasteiger partial charge < -0.3 is 14.6 Å². The van der Waals surface area contributed by atoms with Crippen LogP contribution in [-0.2, 0) is 6.42 Å². The molecule has 5 rings (SSSR count). The molecule has 2 aromatic heterocycles. The summed E-state index contributed by atoms with van der Waals surface area (Å²) < 4.78 is 12.5. The zero-order valence-corrected chi connectivity index (χ0v) is 18.0. The molecule has 1 aliphatic carbocycles. The topological polar surface area (TPSA) is 98.8 Å². The van der Waals surface area contributed by atoms with Crippen molar-refractivity contribution in [1.82, 2.24) is 19.8 Å². The highest BCUT2D eigenvalue weighted by Gasteiger charge is 2.32. The van der Waals surface area contributed by atoms with E-state index in [2.05, 4.69) is 10.2 Å². The summed E-state index contributed by atoms with van der Waals surface area (Å²) in [4.78, 5) is 12.9. The number of benzene rings is 2. The van der Waals surface area contributed by atoms with E-state index in [0.29, 0.717) is 35.0 Å². The second-order valence-electron chi connectivity index (χ2n) is 7.85. The maximum atomic E-state index is 12.9. The van der Waals surface area contributed by atoms with Gasteiger partial charge >= 0.3 is 0 Å². The zero-order valence-electron chi connectivity index (χ0n) is 18.0. The van der Waals surface area contributed by atoms with E-state index in [0.717, 1.165) is 22.4 Å². The number of methoxy groups -OCH3 is 2. The van der Waals surface area contributed by atoms with Crippen molar-refractivity contribution < 1.29 is 19.4 Å². The smallest absolute Gasteiger partial charge is 0.185 e. The summed E-state index contributed by atoms with van der Waals surface area (Å²) in [7, 11) is 3.18. The first-order valence-electron chi connectivity index (χ1n) is 10.3. The van der Waals surface area contributed by atoms with E-state index in [9.17, 15) is 9.90 Å². The number of ketones is 1. The van der Waals surface area contributed by atoms with Gasteiger partial charge in [0.1, 0.15) is 5.75 Å². The molecule has 0 amide bonds. The van der Waals surface area contributed by atoms with Crippen LogP contribution in [0.4, 0.5) is 0 Å². The summed E-state index contributed by atoms with van der Waals surface area (Å²) in [5.41, 5.74) is 4.80. The van der Waals surface area contributed by atoms with Crippen LogP contribution in [0.5, 0.6) is 17.2 Å². The number of aryl methyl sites for hydroxylation is 1. The Morgan fingerprint density at radius 2 is 1.81 bits per heavy atom. The molecule has 2 aromatic carbocycles. The van der Waals surface area contributed by atoms with Crippen molar-refractivity contribution in [2.75, 3.05) is 14.2 Å². The first kappa shape index (κ1) is 20.0. The molecule has 8 nitrogen and oxygen atoms in total. The number of fused-ring (bicyclic) bond motifs is 3. The number of nitrogens with zero attached hydrogens (tertiary/aromatic N) is 4. The van der Waals surface area contributed by atoms with Gasteiger partial charge in [0.2, 0.25) is 0 Å². The van der Waals surface area contributed by atoms with E-state index in [1.165, 1.54) is 0 Å². The summed E-state index contributed by atoms with van der Waals surface area (Å²) in [5, 5.41) is 23.7. The predicted molar refractivity (Wildman–Crippen MR) is 118 cm³/mol. The van der Waals surface area contributed by atoms with Gasteiger partial charge in [-0.1, -0.05) is 24.3 Å². The van der Waals surface area contributed by atoms with Gasteiger partial charge in [-0.3, -0.25) is 4.79 Å². The van der Waals surface area contributed by atoms with Gasteiger partial charge in [0.25, 0.3) is 0 Å². The Hall–Kier alpha value is -3.94. The second-order valence-corrected chi connectivity index (χ2v) is 7.85. The summed E-state index contributed by atoms with van der Waals surface area (Å²) in [6.45, 7) is 1.90. The Bertz CT molecular complexity index is 1360. The highest BCUT2D eigenvalue weighted by molar-refractivity contribution is 5.97. The van der Waals surface area contributed by atoms with Gasteiger partial charge in [-0.2, -0.15) is 5.10 Å². The van der Waals surface area contributed by atoms with Crippen LogP contribution in [0.15, 0.2) is 42.5 Å². The first-order valence-corrected chi connectivity index (χ1v) is 10.3. The maximum absolute atomic E-state index is 12.9. The molecule has 162 valence electrons.